The predicted molar refractivity (Wildman–Crippen MR) is 101 cm³/mol. The van der Waals surface area contributed by atoms with Crippen LogP contribution in [0, 0.1) is 5.92 Å². The Hall–Kier alpha value is -1.99. The summed E-state index contributed by atoms with van der Waals surface area (Å²) in [5, 5.41) is 9.05. The molecule has 1 saturated heterocycles. The number of hydrogen-bond donors (Lipinski definition) is 1. The summed E-state index contributed by atoms with van der Waals surface area (Å²) in [4.78, 5) is 12.8. The van der Waals surface area contributed by atoms with E-state index in [1.807, 2.05) is 12.4 Å². The van der Waals surface area contributed by atoms with Crippen LogP contribution in [0.4, 0.5) is 0 Å². The van der Waals surface area contributed by atoms with Crippen molar-refractivity contribution in [2.45, 2.75) is 38.1 Å². The third-order valence-corrected chi connectivity index (χ3v) is 6.55. The maximum atomic E-state index is 4.63. The Morgan fingerprint density at radius 3 is 2.81 bits per heavy atom. The van der Waals surface area contributed by atoms with Gasteiger partial charge in [-0.05, 0) is 31.9 Å². The highest BCUT2D eigenvalue weighted by atomic mass is 15.3. The van der Waals surface area contributed by atoms with Crippen molar-refractivity contribution in [3.8, 4) is 0 Å². The number of likely N-dealkylation sites (N-methyl/N-ethyl adjacent to an activating group) is 1. The molecule has 1 aliphatic carbocycles. The van der Waals surface area contributed by atoms with Crippen molar-refractivity contribution in [2.24, 2.45) is 5.92 Å². The van der Waals surface area contributed by atoms with Gasteiger partial charge < -0.3 is 9.88 Å². The molecular formula is C19H27N7. The predicted octanol–water partition coefficient (Wildman–Crippen LogP) is 2.13. The van der Waals surface area contributed by atoms with E-state index < -0.39 is 0 Å². The van der Waals surface area contributed by atoms with Crippen LogP contribution in [-0.2, 0) is 0 Å². The molecule has 0 amide bonds. The molecule has 0 bridgehead atoms. The average molecular weight is 353 g/mol. The third kappa shape index (κ3) is 2.53. The summed E-state index contributed by atoms with van der Waals surface area (Å²) in [6, 6.07) is 2.75. The van der Waals surface area contributed by atoms with Crippen LogP contribution in [0.2, 0.25) is 0 Å². The molecule has 3 aromatic heterocycles. The molecule has 7 nitrogen and oxygen atoms in total. The first kappa shape index (κ1) is 16.2. The highest BCUT2D eigenvalue weighted by Crippen LogP contribution is 2.43. The quantitative estimate of drug-likeness (QED) is 0.781. The van der Waals surface area contributed by atoms with Gasteiger partial charge >= 0.3 is 0 Å². The average Bonchev–Trinajstić information content (AvgIpc) is 3.38. The number of aromatic amines is 1. The van der Waals surface area contributed by atoms with Gasteiger partial charge in [-0.3, -0.25) is 9.30 Å². The lowest BCUT2D eigenvalue weighted by Crippen LogP contribution is -2.48. The lowest BCUT2D eigenvalue weighted by atomic mass is 9.93. The number of nitrogens with zero attached hydrogens (tertiary/aromatic N) is 6. The van der Waals surface area contributed by atoms with Crippen LogP contribution in [0.1, 0.15) is 37.9 Å². The first-order valence-electron chi connectivity index (χ1n) is 9.84. The van der Waals surface area contributed by atoms with Crippen LogP contribution in [-0.4, -0.2) is 73.6 Å². The van der Waals surface area contributed by atoms with E-state index in [0.29, 0.717) is 17.9 Å². The van der Waals surface area contributed by atoms with Crippen molar-refractivity contribution in [3.63, 3.8) is 0 Å². The molecule has 0 unspecified atom stereocenters. The minimum absolute atomic E-state index is 0.472. The molecule has 1 saturated carbocycles. The molecule has 0 aromatic carbocycles. The minimum Gasteiger partial charge on any atom is -0.345 e. The number of hydrogen-bond acceptors (Lipinski definition) is 5. The monoisotopic (exact) mass is 353 g/mol. The zero-order valence-corrected chi connectivity index (χ0v) is 15.6. The molecule has 1 N–H and O–H groups in total. The Bertz CT molecular complexity index is 905. The third-order valence-electron chi connectivity index (χ3n) is 6.55. The van der Waals surface area contributed by atoms with Gasteiger partial charge in [-0.2, -0.15) is 0 Å². The van der Waals surface area contributed by atoms with Gasteiger partial charge in [-0.25, -0.2) is 4.98 Å². The van der Waals surface area contributed by atoms with E-state index >= 15 is 0 Å². The van der Waals surface area contributed by atoms with Crippen molar-refractivity contribution in [1.29, 1.82) is 0 Å². The summed E-state index contributed by atoms with van der Waals surface area (Å²) < 4.78 is 2.22. The van der Waals surface area contributed by atoms with Crippen molar-refractivity contribution >= 4 is 16.8 Å². The molecule has 26 heavy (non-hydrogen) atoms. The number of piperazine rings is 1. The number of fused-ring (bicyclic) bond motifs is 3. The maximum Gasteiger partial charge on any atom is 0.179 e. The summed E-state index contributed by atoms with van der Waals surface area (Å²) in [6.07, 6.45) is 7.44. The van der Waals surface area contributed by atoms with Gasteiger partial charge in [-0.1, -0.05) is 13.3 Å². The maximum absolute atomic E-state index is 4.63. The molecule has 1 aliphatic heterocycles. The zero-order valence-electron chi connectivity index (χ0n) is 15.6. The zero-order chi connectivity index (χ0) is 17.7. The van der Waals surface area contributed by atoms with Gasteiger partial charge in [0.1, 0.15) is 5.82 Å². The normalized spacial score (nSPS) is 28.5. The second-order valence-corrected chi connectivity index (χ2v) is 7.96. The van der Waals surface area contributed by atoms with Gasteiger partial charge in [0, 0.05) is 44.3 Å². The van der Waals surface area contributed by atoms with Crippen LogP contribution < -0.4 is 0 Å². The standard InChI is InChI=1S/C19H27N7/c1-3-13-10-14(25-8-6-24(2)7-9-25)11-15(13)19-23-22-17-12-21-18-16(26(17)19)4-5-20-18/h4-5,12-15,20H,3,6-11H2,1-2H3/t13-,14+,15+/m1/s1. The van der Waals surface area contributed by atoms with Gasteiger partial charge in [0.05, 0.1) is 11.7 Å². The number of H-pyrrole nitrogens is 1. The molecule has 3 aromatic rings. The molecule has 2 fully saturated rings. The van der Waals surface area contributed by atoms with E-state index in [2.05, 4.69) is 54.4 Å². The number of nitrogens with one attached hydrogen (secondary N) is 1. The van der Waals surface area contributed by atoms with Crippen molar-refractivity contribution < 1.29 is 0 Å². The number of aromatic nitrogens is 5. The van der Waals surface area contributed by atoms with Crippen molar-refractivity contribution in [3.05, 3.63) is 24.3 Å². The Morgan fingerprint density at radius 2 is 2.00 bits per heavy atom. The van der Waals surface area contributed by atoms with Gasteiger partial charge in [-0.15, -0.1) is 10.2 Å². The van der Waals surface area contributed by atoms with Crippen LogP contribution in [0.15, 0.2) is 18.5 Å². The highest BCUT2D eigenvalue weighted by Gasteiger charge is 2.40. The summed E-state index contributed by atoms with van der Waals surface area (Å²) >= 11 is 0. The van der Waals surface area contributed by atoms with E-state index in [1.165, 1.54) is 45.4 Å². The highest BCUT2D eigenvalue weighted by molar-refractivity contribution is 5.74. The Morgan fingerprint density at radius 1 is 1.15 bits per heavy atom. The molecule has 138 valence electrons. The molecular weight excluding hydrogens is 326 g/mol. The smallest absolute Gasteiger partial charge is 0.179 e. The summed E-state index contributed by atoms with van der Waals surface area (Å²) in [5.41, 5.74) is 2.84. The lowest BCUT2D eigenvalue weighted by molar-refractivity contribution is 0.111. The summed E-state index contributed by atoms with van der Waals surface area (Å²) in [7, 11) is 2.22. The van der Waals surface area contributed by atoms with E-state index in [0.717, 1.165) is 22.6 Å². The summed E-state index contributed by atoms with van der Waals surface area (Å²) in [6.45, 7) is 7.07. The van der Waals surface area contributed by atoms with Gasteiger partial charge in [0.2, 0.25) is 0 Å². The Labute approximate surface area is 153 Å². The van der Waals surface area contributed by atoms with E-state index in [-0.39, 0.29) is 0 Å². The first-order chi connectivity index (χ1) is 12.7. The van der Waals surface area contributed by atoms with Crippen LogP contribution in [0.3, 0.4) is 0 Å². The van der Waals surface area contributed by atoms with Gasteiger partial charge in [0.25, 0.3) is 0 Å². The fourth-order valence-corrected chi connectivity index (χ4v) is 4.99. The Kier molecular flexibility index (Phi) is 3.94. The second-order valence-electron chi connectivity index (χ2n) is 7.96. The largest absolute Gasteiger partial charge is 0.345 e. The van der Waals surface area contributed by atoms with E-state index in [4.69, 9.17) is 0 Å². The molecule has 7 heteroatoms. The molecule has 5 rings (SSSR count). The number of rotatable bonds is 3. The lowest BCUT2D eigenvalue weighted by Gasteiger charge is -2.36. The summed E-state index contributed by atoms with van der Waals surface area (Å²) in [5.74, 6) is 2.27. The van der Waals surface area contributed by atoms with E-state index in [1.54, 1.807) is 0 Å². The van der Waals surface area contributed by atoms with Crippen molar-refractivity contribution in [2.75, 3.05) is 33.2 Å². The Balaban J connectivity index is 1.49. The first-order valence-corrected chi connectivity index (χ1v) is 9.84. The van der Waals surface area contributed by atoms with E-state index in [9.17, 15) is 0 Å². The molecule has 3 atom stereocenters. The van der Waals surface area contributed by atoms with Crippen LogP contribution in [0.5, 0.6) is 0 Å². The van der Waals surface area contributed by atoms with Gasteiger partial charge in [0.15, 0.2) is 11.3 Å². The fourth-order valence-electron chi connectivity index (χ4n) is 4.99. The second kappa shape index (κ2) is 6.32. The van der Waals surface area contributed by atoms with Crippen molar-refractivity contribution in [1.82, 2.24) is 34.4 Å². The van der Waals surface area contributed by atoms with Crippen LogP contribution >= 0.6 is 0 Å². The fraction of sp³-hybridized carbons (Fsp3) is 0.632. The molecule has 2 aliphatic rings. The minimum atomic E-state index is 0.472. The topological polar surface area (TPSA) is 65.4 Å². The SMILES string of the molecule is CC[C@@H]1C[C@H](N2CCN(C)CC2)C[C@@H]1c1nnc2cnc3[nH]ccc3n12. The molecule has 0 radical (unpaired) electrons. The molecule has 4 heterocycles. The molecule has 0 spiro atoms. The van der Waals surface area contributed by atoms with Crippen LogP contribution in [0.25, 0.3) is 16.8 Å².